The van der Waals surface area contributed by atoms with Crippen LogP contribution in [0.2, 0.25) is 0 Å². The fraction of sp³-hybridized carbons (Fsp3) is 0.556. The number of aliphatic carboxylic acids is 1. The first-order valence-corrected chi connectivity index (χ1v) is 8.52. The zero-order chi connectivity index (χ0) is 19.3. The van der Waals surface area contributed by atoms with Crippen molar-refractivity contribution in [3.05, 3.63) is 29.8 Å². The number of amides is 1. The van der Waals surface area contributed by atoms with Crippen molar-refractivity contribution < 1.29 is 32.6 Å². The number of rotatable bonds is 6. The predicted molar refractivity (Wildman–Crippen MR) is 87.7 cm³/mol. The number of ether oxygens (including phenoxy) is 1. The highest BCUT2D eigenvalue weighted by Gasteiger charge is 2.35. The normalized spacial score (nSPS) is 19.1. The zero-order valence-electron chi connectivity index (χ0n) is 14.5. The lowest BCUT2D eigenvalue weighted by Gasteiger charge is -2.34. The first-order valence-electron chi connectivity index (χ1n) is 8.52. The molecule has 0 bridgehead atoms. The maximum absolute atomic E-state index is 13.0. The van der Waals surface area contributed by atoms with Crippen LogP contribution in [0.5, 0.6) is 5.75 Å². The lowest BCUT2D eigenvalue weighted by atomic mass is 9.93. The standard InChI is InChI=1S/C18H22F3NO4/c1-12(26-15-7-3-2-6-14(15)18(19,20)21)17(25)22-10-4-5-13(11-22)8-9-16(23)24/h2-3,6-7,12-13H,4-5,8-11H2,1H3,(H,23,24). The number of benzene rings is 1. The Labute approximate surface area is 149 Å². The zero-order valence-corrected chi connectivity index (χ0v) is 14.5. The molecule has 5 nitrogen and oxygen atoms in total. The molecule has 0 saturated carbocycles. The molecule has 2 atom stereocenters. The summed E-state index contributed by atoms with van der Waals surface area (Å²) in [5, 5.41) is 8.77. The molecule has 1 aliphatic heterocycles. The van der Waals surface area contributed by atoms with Gasteiger partial charge in [-0.15, -0.1) is 0 Å². The number of halogens is 3. The van der Waals surface area contributed by atoms with E-state index in [1.807, 2.05) is 0 Å². The number of carboxylic acid groups (broad SMARTS) is 1. The highest BCUT2D eigenvalue weighted by atomic mass is 19.4. The van der Waals surface area contributed by atoms with Gasteiger partial charge in [0, 0.05) is 19.5 Å². The summed E-state index contributed by atoms with van der Waals surface area (Å²) in [5.74, 6) is -1.56. The van der Waals surface area contributed by atoms with Crippen LogP contribution in [0.4, 0.5) is 13.2 Å². The van der Waals surface area contributed by atoms with E-state index in [-0.39, 0.29) is 24.0 Å². The van der Waals surface area contributed by atoms with Crippen LogP contribution in [0.25, 0.3) is 0 Å². The monoisotopic (exact) mass is 373 g/mol. The van der Waals surface area contributed by atoms with Crippen LogP contribution < -0.4 is 4.74 Å². The Morgan fingerprint density at radius 1 is 1.35 bits per heavy atom. The summed E-state index contributed by atoms with van der Waals surface area (Å²) in [6.07, 6.45) is -3.53. The summed E-state index contributed by atoms with van der Waals surface area (Å²) in [6.45, 7) is 2.33. The molecule has 8 heteroatoms. The van der Waals surface area contributed by atoms with Gasteiger partial charge >= 0.3 is 12.1 Å². The SMILES string of the molecule is CC(Oc1ccccc1C(F)(F)F)C(=O)N1CCCC(CCC(=O)O)C1. The molecule has 2 unspecified atom stereocenters. The smallest absolute Gasteiger partial charge is 0.419 e. The largest absolute Gasteiger partial charge is 0.481 e. The Morgan fingerprint density at radius 2 is 2.04 bits per heavy atom. The van der Waals surface area contributed by atoms with Crippen molar-refractivity contribution >= 4 is 11.9 Å². The second kappa shape index (κ2) is 8.42. The summed E-state index contributed by atoms with van der Waals surface area (Å²) in [6, 6.07) is 4.79. The third-order valence-corrected chi connectivity index (χ3v) is 4.44. The van der Waals surface area contributed by atoms with E-state index in [0.717, 1.165) is 18.9 Å². The number of likely N-dealkylation sites (tertiary alicyclic amines) is 1. The van der Waals surface area contributed by atoms with E-state index in [0.29, 0.717) is 19.5 Å². The number of carbonyl (C=O) groups is 2. The Hall–Kier alpha value is -2.25. The lowest BCUT2D eigenvalue weighted by Crippen LogP contribution is -2.46. The fourth-order valence-corrected chi connectivity index (χ4v) is 3.13. The molecule has 2 rings (SSSR count). The summed E-state index contributed by atoms with van der Waals surface area (Å²) in [4.78, 5) is 24.8. The number of hydrogen-bond donors (Lipinski definition) is 1. The van der Waals surface area contributed by atoms with E-state index in [4.69, 9.17) is 9.84 Å². The van der Waals surface area contributed by atoms with Gasteiger partial charge in [-0.1, -0.05) is 12.1 Å². The maximum atomic E-state index is 13.0. The number of hydrogen-bond acceptors (Lipinski definition) is 3. The van der Waals surface area contributed by atoms with Gasteiger partial charge in [0.05, 0.1) is 5.56 Å². The molecule has 1 saturated heterocycles. The van der Waals surface area contributed by atoms with Gasteiger partial charge in [-0.05, 0) is 44.2 Å². The summed E-state index contributed by atoms with van der Waals surface area (Å²) >= 11 is 0. The second-order valence-corrected chi connectivity index (χ2v) is 6.48. The summed E-state index contributed by atoms with van der Waals surface area (Å²) < 4.78 is 44.4. The highest BCUT2D eigenvalue weighted by molar-refractivity contribution is 5.81. The molecule has 1 N–H and O–H groups in total. The van der Waals surface area contributed by atoms with E-state index in [1.165, 1.54) is 25.1 Å². The van der Waals surface area contributed by atoms with Gasteiger partial charge in [-0.3, -0.25) is 9.59 Å². The molecule has 26 heavy (non-hydrogen) atoms. The molecule has 1 amide bonds. The van der Waals surface area contributed by atoms with Crippen molar-refractivity contribution in [2.45, 2.75) is 44.9 Å². The summed E-state index contributed by atoms with van der Waals surface area (Å²) in [7, 11) is 0. The van der Waals surface area contributed by atoms with Gasteiger partial charge in [0.2, 0.25) is 0 Å². The van der Waals surface area contributed by atoms with Crippen LogP contribution in [0.1, 0.15) is 38.2 Å². The summed E-state index contributed by atoms with van der Waals surface area (Å²) in [5.41, 5.74) is -0.919. The molecular weight excluding hydrogens is 351 g/mol. The lowest BCUT2D eigenvalue weighted by molar-refractivity contribution is -0.144. The number of piperidine rings is 1. The third-order valence-electron chi connectivity index (χ3n) is 4.44. The maximum Gasteiger partial charge on any atom is 0.419 e. The van der Waals surface area contributed by atoms with Crippen LogP contribution in [0, 0.1) is 5.92 Å². The van der Waals surface area contributed by atoms with Crippen molar-refractivity contribution in [3.63, 3.8) is 0 Å². The molecule has 1 aromatic rings. The topological polar surface area (TPSA) is 66.8 Å². The molecule has 1 aliphatic rings. The first-order chi connectivity index (χ1) is 12.2. The van der Waals surface area contributed by atoms with Crippen LogP contribution in [-0.2, 0) is 15.8 Å². The van der Waals surface area contributed by atoms with Gasteiger partial charge in [0.15, 0.2) is 6.10 Å². The Morgan fingerprint density at radius 3 is 2.69 bits per heavy atom. The van der Waals surface area contributed by atoms with Gasteiger partial charge in [-0.25, -0.2) is 0 Å². The van der Waals surface area contributed by atoms with E-state index in [2.05, 4.69) is 0 Å². The average molecular weight is 373 g/mol. The van der Waals surface area contributed by atoms with E-state index >= 15 is 0 Å². The van der Waals surface area contributed by atoms with Gasteiger partial charge in [-0.2, -0.15) is 13.2 Å². The van der Waals surface area contributed by atoms with Crippen LogP contribution in [-0.4, -0.2) is 41.1 Å². The quantitative estimate of drug-likeness (QED) is 0.828. The van der Waals surface area contributed by atoms with E-state index < -0.39 is 23.8 Å². The second-order valence-electron chi connectivity index (χ2n) is 6.48. The van der Waals surface area contributed by atoms with Crippen LogP contribution >= 0.6 is 0 Å². The number of para-hydroxylation sites is 1. The average Bonchev–Trinajstić information content (AvgIpc) is 2.59. The van der Waals surface area contributed by atoms with E-state index in [1.54, 1.807) is 4.90 Å². The van der Waals surface area contributed by atoms with Crippen molar-refractivity contribution in [2.24, 2.45) is 5.92 Å². The highest BCUT2D eigenvalue weighted by Crippen LogP contribution is 2.36. The minimum atomic E-state index is -4.56. The molecular formula is C18H22F3NO4. The van der Waals surface area contributed by atoms with Crippen molar-refractivity contribution in [3.8, 4) is 5.75 Å². The molecule has 144 valence electrons. The Bertz CT molecular complexity index is 648. The number of carbonyl (C=O) groups excluding carboxylic acids is 1. The van der Waals surface area contributed by atoms with Gasteiger partial charge in [0.1, 0.15) is 5.75 Å². The molecule has 1 aromatic carbocycles. The third kappa shape index (κ3) is 5.37. The number of carboxylic acids is 1. The molecule has 0 spiro atoms. The number of alkyl halides is 3. The van der Waals surface area contributed by atoms with E-state index in [9.17, 15) is 22.8 Å². The molecule has 1 heterocycles. The molecule has 1 fully saturated rings. The minimum absolute atomic E-state index is 0.0394. The Balaban J connectivity index is 2.00. The van der Waals surface area contributed by atoms with Crippen molar-refractivity contribution in [1.82, 2.24) is 4.90 Å². The predicted octanol–water partition coefficient (Wildman–Crippen LogP) is 3.58. The molecule has 0 radical (unpaired) electrons. The molecule has 0 aromatic heterocycles. The van der Waals surface area contributed by atoms with Crippen molar-refractivity contribution in [1.29, 1.82) is 0 Å². The Kier molecular flexibility index (Phi) is 6.50. The van der Waals surface area contributed by atoms with Crippen LogP contribution in [0.15, 0.2) is 24.3 Å². The van der Waals surface area contributed by atoms with Crippen molar-refractivity contribution in [2.75, 3.05) is 13.1 Å². The first kappa shape index (κ1) is 20.1. The van der Waals surface area contributed by atoms with Gasteiger partial charge in [0.25, 0.3) is 5.91 Å². The van der Waals surface area contributed by atoms with Gasteiger partial charge < -0.3 is 14.7 Å². The fourth-order valence-electron chi connectivity index (χ4n) is 3.13. The number of nitrogens with zero attached hydrogens (tertiary/aromatic N) is 1. The molecule has 0 aliphatic carbocycles. The van der Waals surface area contributed by atoms with Crippen LogP contribution in [0.3, 0.4) is 0 Å². The minimum Gasteiger partial charge on any atom is -0.481 e.